The molecule has 1 N–H and O–H groups in total. The smallest absolute Gasteiger partial charge is 0.417 e. The average Bonchev–Trinajstić information content (AvgIpc) is 2.82. The Kier molecular flexibility index (Phi) is 8.61. The Balaban J connectivity index is 1.75. The number of esters is 1. The van der Waals surface area contributed by atoms with E-state index in [9.17, 15) is 22.8 Å². The number of alkyl halides is 3. The number of ether oxygens (including phenoxy) is 3. The Hall–Kier alpha value is -3.27. The van der Waals surface area contributed by atoms with Crippen LogP contribution in [0.25, 0.3) is 6.08 Å². The molecule has 0 spiro atoms. The first-order valence-corrected chi connectivity index (χ1v) is 11.7. The number of ketones is 1. The molecule has 0 saturated carbocycles. The Morgan fingerprint density at radius 3 is 2.54 bits per heavy atom. The van der Waals surface area contributed by atoms with Gasteiger partial charge in [0.05, 0.1) is 23.8 Å². The van der Waals surface area contributed by atoms with Gasteiger partial charge in [-0.15, -0.1) is 0 Å². The molecule has 0 saturated heterocycles. The van der Waals surface area contributed by atoms with Gasteiger partial charge in [0.15, 0.2) is 17.3 Å². The molecular formula is C25H24F3NO5S. The predicted molar refractivity (Wildman–Crippen MR) is 125 cm³/mol. The quantitative estimate of drug-likeness (QED) is 0.262. The molecule has 2 aromatic carbocycles. The summed E-state index contributed by atoms with van der Waals surface area (Å²) in [5.74, 6) is -0.857. The van der Waals surface area contributed by atoms with Gasteiger partial charge in [-0.25, -0.2) is 0 Å². The fraction of sp³-hybridized carbons (Fsp3) is 0.320. The van der Waals surface area contributed by atoms with Crippen LogP contribution in [-0.4, -0.2) is 37.3 Å². The fourth-order valence-electron chi connectivity index (χ4n) is 3.22. The van der Waals surface area contributed by atoms with Crippen molar-refractivity contribution in [1.82, 2.24) is 0 Å². The van der Waals surface area contributed by atoms with Crippen LogP contribution >= 0.6 is 11.8 Å². The van der Waals surface area contributed by atoms with E-state index < -0.39 is 29.4 Å². The largest absolute Gasteiger partial charge is 0.486 e. The van der Waals surface area contributed by atoms with E-state index in [4.69, 9.17) is 19.6 Å². The maximum atomic E-state index is 13.8. The van der Waals surface area contributed by atoms with Gasteiger partial charge in [-0.2, -0.15) is 13.2 Å². The van der Waals surface area contributed by atoms with Crippen LogP contribution in [0.5, 0.6) is 11.5 Å². The SMILES string of the molecule is CCOC(=O)C(C)CC(=N)C(=O)/C=C/c1ccc(Sc2ccc3c(c2)OCCO3)c(C(F)(F)F)c1. The van der Waals surface area contributed by atoms with Gasteiger partial charge in [-0.1, -0.05) is 30.8 Å². The van der Waals surface area contributed by atoms with E-state index in [1.54, 1.807) is 25.1 Å². The van der Waals surface area contributed by atoms with Crippen LogP contribution in [0.1, 0.15) is 31.4 Å². The highest BCUT2D eigenvalue weighted by Crippen LogP contribution is 2.42. The van der Waals surface area contributed by atoms with Gasteiger partial charge in [-0.3, -0.25) is 9.59 Å². The minimum absolute atomic E-state index is 0.00587. The van der Waals surface area contributed by atoms with Crippen molar-refractivity contribution >= 4 is 35.3 Å². The second kappa shape index (κ2) is 11.4. The van der Waals surface area contributed by atoms with Crippen molar-refractivity contribution in [1.29, 1.82) is 5.41 Å². The predicted octanol–water partition coefficient (Wildman–Crippen LogP) is 5.82. The number of carbonyl (C=O) groups is 2. The molecule has 1 aliphatic heterocycles. The van der Waals surface area contributed by atoms with Gasteiger partial charge in [-0.05, 0) is 48.9 Å². The molecule has 6 nitrogen and oxygen atoms in total. The third-order valence-electron chi connectivity index (χ3n) is 4.97. The molecule has 1 atom stereocenters. The van der Waals surface area contributed by atoms with Crippen LogP contribution in [0, 0.1) is 11.3 Å². The maximum Gasteiger partial charge on any atom is 0.417 e. The zero-order chi connectivity index (χ0) is 25.6. The number of hydrogen-bond acceptors (Lipinski definition) is 7. The molecule has 0 fully saturated rings. The minimum atomic E-state index is -4.62. The molecule has 0 radical (unpaired) electrons. The number of carbonyl (C=O) groups excluding carboxylic acids is 2. The van der Waals surface area contributed by atoms with Crippen LogP contribution in [-0.2, 0) is 20.5 Å². The number of fused-ring (bicyclic) bond motifs is 1. The van der Waals surface area contributed by atoms with E-state index in [0.29, 0.717) is 29.6 Å². The Bertz CT molecular complexity index is 1150. The maximum absolute atomic E-state index is 13.8. The summed E-state index contributed by atoms with van der Waals surface area (Å²) in [6.07, 6.45) is -2.49. The monoisotopic (exact) mass is 507 g/mol. The van der Waals surface area contributed by atoms with E-state index in [1.807, 2.05) is 0 Å². The molecule has 2 aromatic rings. The number of hydrogen-bond donors (Lipinski definition) is 1. The standard InChI is InChI=1S/C25H24F3NO5S/c1-3-32-24(31)15(2)12-19(29)20(30)7-4-16-5-9-23(18(13-16)25(26,27)28)35-17-6-8-21-22(14-17)34-11-10-33-21/h4-9,13-15,29H,3,10-12H2,1-2H3/b7-4+,29-19?. The fourth-order valence-corrected chi connectivity index (χ4v) is 4.20. The third kappa shape index (κ3) is 7.11. The zero-order valence-electron chi connectivity index (χ0n) is 19.1. The van der Waals surface area contributed by atoms with Crippen LogP contribution in [0.15, 0.2) is 52.3 Å². The molecule has 1 heterocycles. The molecular weight excluding hydrogens is 483 g/mol. The molecule has 0 aromatic heterocycles. The highest BCUT2D eigenvalue weighted by Gasteiger charge is 2.34. The van der Waals surface area contributed by atoms with Gasteiger partial charge in [0, 0.05) is 16.2 Å². The van der Waals surface area contributed by atoms with Crippen molar-refractivity contribution in [3.63, 3.8) is 0 Å². The molecule has 35 heavy (non-hydrogen) atoms. The number of halogens is 3. The molecule has 10 heteroatoms. The molecule has 0 amide bonds. The summed E-state index contributed by atoms with van der Waals surface area (Å²) in [6, 6.07) is 8.70. The van der Waals surface area contributed by atoms with Crippen LogP contribution < -0.4 is 9.47 Å². The minimum Gasteiger partial charge on any atom is -0.486 e. The van der Waals surface area contributed by atoms with Crippen molar-refractivity contribution < 1.29 is 37.0 Å². The summed E-state index contributed by atoms with van der Waals surface area (Å²) >= 11 is 0.941. The Morgan fingerprint density at radius 1 is 1.14 bits per heavy atom. The van der Waals surface area contributed by atoms with Crippen molar-refractivity contribution in [2.24, 2.45) is 5.92 Å². The molecule has 0 aliphatic carbocycles. The molecule has 186 valence electrons. The summed E-state index contributed by atoms with van der Waals surface area (Å²) < 4.78 is 57.2. The number of nitrogens with one attached hydrogen (secondary N) is 1. The van der Waals surface area contributed by atoms with E-state index in [1.165, 1.54) is 25.1 Å². The Labute approximate surface area is 205 Å². The van der Waals surface area contributed by atoms with Crippen LogP contribution in [0.2, 0.25) is 0 Å². The average molecular weight is 508 g/mol. The zero-order valence-corrected chi connectivity index (χ0v) is 19.9. The summed E-state index contributed by atoms with van der Waals surface area (Å²) in [4.78, 5) is 24.5. The van der Waals surface area contributed by atoms with Gasteiger partial charge in [0.25, 0.3) is 0 Å². The van der Waals surface area contributed by atoms with E-state index in [2.05, 4.69) is 0 Å². The van der Waals surface area contributed by atoms with Crippen LogP contribution in [0.3, 0.4) is 0 Å². The lowest BCUT2D eigenvalue weighted by molar-refractivity contribution is -0.147. The first kappa shape index (κ1) is 26.3. The third-order valence-corrected chi connectivity index (χ3v) is 6.04. The highest BCUT2D eigenvalue weighted by molar-refractivity contribution is 7.99. The number of allylic oxidation sites excluding steroid dienone is 1. The highest BCUT2D eigenvalue weighted by atomic mass is 32.2. The van der Waals surface area contributed by atoms with Gasteiger partial charge >= 0.3 is 12.1 Å². The topological polar surface area (TPSA) is 85.7 Å². The second-order valence-corrected chi connectivity index (χ2v) is 8.81. The van der Waals surface area contributed by atoms with Crippen LogP contribution in [0.4, 0.5) is 13.2 Å². The second-order valence-electron chi connectivity index (χ2n) is 7.69. The van der Waals surface area contributed by atoms with Gasteiger partial charge in [0.1, 0.15) is 13.2 Å². The van der Waals surface area contributed by atoms with Gasteiger partial charge in [0.2, 0.25) is 0 Å². The van der Waals surface area contributed by atoms with E-state index in [-0.39, 0.29) is 29.2 Å². The lowest BCUT2D eigenvalue weighted by Gasteiger charge is -2.19. The molecule has 1 aliphatic rings. The normalized spacial score (nSPS) is 14.0. The number of benzene rings is 2. The first-order valence-electron chi connectivity index (χ1n) is 10.8. The lowest BCUT2D eigenvalue weighted by Crippen LogP contribution is -2.21. The van der Waals surface area contributed by atoms with Crippen molar-refractivity contribution in [2.75, 3.05) is 19.8 Å². The van der Waals surface area contributed by atoms with Crippen molar-refractivity contribution in [2.45, 2.75) is 36.2 Å². The van der Waals surface area contributed by atoms with Gasteiger partial charge < -0.3 is 19.6 Å². The van der Waals surface area contributed by atoms with E-state index in [0.717, 1.165) is 23.9 Å². The molecule has 0 bridgehead atoms. The van der Waals surface area contributed by atoms with E-state index >= 15 is 0 Å². The first-order chi connectivity index (χ1) is 16.6. The van der Waals surface area contributed by atoms with Crippen molar-refractivity contribution in [3.05, 3.63) is 53.6 Å². The summed E-state index contributed by atoms with van der Waals surface area (Å²) in [7, 11) is 0. The summed E-state index contributed by atoms with van der Waals surface area (Å²) in [5, 5.41) is 7.87. The lowest BCUT2D eigenvalue weighted by atomic mass is 10.0. The Morgan fingerprint density at radius 2 is 1.86 bits per heavy atom. The van der Waals surface area contributed by atoms with Crippen molar-refractivity contribution in [3.8, 4) is 11.5 Å². The number of rotatable bonds is 9. The molecule has 1 unspecified atom stereocenters. The molecule has 3 rings (SSSR count). The summed E-state index contributed by atoms with van der Waals surface area (Å²) in [6.45, 7) is 4.16. The summed E-state index contributed by atoms with van der Waals surface area (Å²) in [5.41, 5.74) is -1.02.